The number of nitrogens with zero attached hydrogens (tertiary/aromatic N) is 2. The molecular weight excluding hydrogens is 226 g/mol. The minimum atomic E-state index is 0.330. The van der Waals surface area contributed by atoms with Crippen LogP contribution in [0, 0.1) is 5.92 Å². The number of rotatable bonds is 6. The third-order valence-electron chi connectivity index (χ3n) is 3.58. The highest BCUT2D eigenvalue weighted by atomic mass is 16.5. The molecule has 2 atom stereocenters. The predicted octanol–water partition coefficient (Wildman–Crippen LogP) is 2.37. The SMILES string of the molecule is CCCn1ccnc1C(NCC)C1CCCOC1. The molecule has 0 aliphatic carbocycles. The van der Waals surface area contributed by atoms with E-state index in [9.17, 15) is 0 Å². The van der Waals surface area contributed by atoms with Crippen LogP contribution in [0.25, 0.3) is 0 Å². The van der Waals surface area contributed by atoms with Gasteiger partial charge in [0.15, 0.2) is 0 Å². The molecule has 0 spiro atoms. The van der Waals surface area contributed by atoms with Gasteiger partial charge in [0.25, 0.3) is 0 Å². The minimum absolute atomic E-state index is 0.330. The number of imidazole rings is 1. The lowest BCUT2D eigenvalue weighted by atomic mass is 9.93. The third kappa shape index (κ3) is 3.12. The molecule has 1 aromatic rings. The second-order valence-corrected chi connectivity index (χ2v) is 4.99. The molecule has 18 heavy (non-hydrogen) atoms. The van der Waals surface area contributed by atoms with E-state index in [1.165, 1.54) is 18.7 Å². The first-order valence-electron chi connectivity index (χ1n) is 7.19. The maximum absolute atomic E-state index is 5.63. The van der Waals surface area contributed by atoms with Gasteiger partial charge in [-0.3, -0.25) is 0 Å². The van der Waals surface area contributed by atoms with Crippen molar-refractivity contribution in [1.29, 1.82) is 0 Å². The van der Waals surface area contributed by atoms with Crippen LogP contribution >= 0.6 is 0 Å². The van der Waals surface area contributed by atoms with Crippen LogP contribution < -0.4 is 5.32 Å². The zero-order chi connectivity index (χ0) is 12.8. The number of hydrogen-bond acceptors (Lipinski definition) is 3. The standard InChI is InChI=1S/C14H25N3O/c1-3-8-17-9-7-16-14(17)13(15-4-2)12-6-5-10-18-11-12/h7,9,12-13,15H,3-6,8,10-11H2,1-2H3. The van der Waals surface area contributed by atoms with Crippen molar-refractivity contribution >= 4 is 0 Å². The molecule has 1 aromatic heterocycles. The number of aromatic nitrogens is 2. The summed E-state index contributed by atoms with van der Waals surface area (Å²) in [6, 6.07) is 0.330. The Morgan fingerprint density at radius 2 is 2.44 bits per heavy atom. The maximum Gasteiger partial charge on any atom is 0.126 e. The van der Waals surface area contributed by atoms with Crippen LogP contribution in [0.1, 0.15) is 45.0 Å². The molecule has 1 aliphatic rings. The number of nitrogens with one attached hydrogen (secondary N) is 1. The van der Waals surface area contributed by atoms with Gasteiger partial charge in [-0.25, -0.2) is 4.98 Å². The molecule has 0 bridgehead atoms. The molecule has 1 aliphatic heterocycles. The maximum atomic E-state index is 5.63. The summed E-state index contributed by atoms with van der Waals surface area (Å²) in [4.78, 5) is 4.57. The first kappa shape index (κ1) is 13.6. The first-order chi connectivity index (χ1) is 8.86. The van der Waals surface area contributed by atoms with Gasteiger partial charge in [-0.15, -0.1) is 0 Å². The summed E-state index contributed by atoms with van der Waals surface area (Å²) in [6.07, 6.45) is 7.55. The predicted molar refractivity (Wildman–Crippen MR) is 72.5 cm³/mol. The van der Waals surface area contributed by atoms with Crippen molar-refractivity contribution in [2.24, 2.45) is 5.92 Å². The van der Waals surface area contributed by atoms with E-state index in [1.54, 1.807) is 0 Å². The van der Waals surface area contributed by atoms with Gasteiger partial charge in [0.1, 0.15) is 5.82 Å². The van der Waals surface area contributed by atoms with Gasteiger partial charge in [-0.2, -0.15) is 0 Å². The van der Waals surface area contributed by atoms with Crippen LogP contribution in [0.5, 0.6) is 0 Å². The Kier molecular flexibility index (Phi) is 5.20. The van der Waals surface area contributed by atoms with Crippen molar-refractivity contribution < 1.29 is 4.74 Å². The largest absolute Gasteiger partial charge is 0.381 e. The highest BCUT2D eigenvalue weighted by molar-refractivity contribution is 5.02. The van der Waals surface area contributed by atoms with E-state index < -0.39 is 0 Å². The van der Waals surface area contributed by atoms with Crippen molar-refractivity contribution in [3.8, 4) is 0 Å². The summed E-state index contributed by atoms with van der Waals surface area (Å²) >= 11 is 0. The molecule has 1 N–H and O–H groups in total. The zero-order valence-electron chi connectivity index (χ0n) is 11.6. The van der Waals surface area contributed by atoms with Crippen LogP contribution in [-0.4, -0.2) is 29.3 Å². The van der Waals surface area contributed by atoms with Gasteiger partial charge < -0.3 is 14.6 Å². The Hall–Kier alpha value is -0.870. The molecular formula is C14H25N3O. The summed E-state index contributed by atoms with van der Waals surface area (Å²) in [5, 5.41) is 3.59. The van der Waals surface area contributed by atoms with Crippen molar-refractivity contribution in [1.82, 2.24) is 14.9 Å². The van der Waals surface area contributed by atoms with Crippen molar-refractivity contribution in [2.45, 2.75) is 45.7 Å². The first-order valence-corrected chi connectivity index (χ1v) is 7.19. The Labute approximate surface area is 110 Å². The van der Waals surface area contributed by atoms with E-state index in [4.69, 9.17) is 4.74 Å². The minimum Gasteiger partial charge on any atom is -0.381 e. The number of ether oxygens (including phenoxy) is 1. The van der Waals surface area contributed by atoms with Crippen molar-refractivity contribution in [3.63, 3.8) is 0 Å². The van der Waals surface area contributed by atoms with E-state index in [-0.39, 0.29) is 0 Å². The molecule has 0 amide bonds. The average Bonchev–Trinajstić information content (AvgIpc) is 2.85. The summed E-state index contributed by atoms with van der Waals surface area (Å²) in [5.74, 6) is 1.73. The van der Waals surface area contributed by atoms with Crippen LogP contribution in [0.3, 0.4) is 0 Å². The Morgan fingerprint density at radius 1 is 1.56 bits per heavy atom. The monoisotopic (exact) mass is 251 g/mol. The van der Waals surface area contributed by atoms with Crippen LogP contribution in [0.2, 0.25) is 0 Å². The normalized spacial score (nSPS) is 22.0. The van der Waals surface area contributed by atoms with Gasteiger partial charge >= 0.3 is 0 Å². The highest BCUT2D eigenvalue weighted by Gasteiger charge is 2.27. The molecule has 102 valence electrons. The average molecular weight is 251 g/mol. The second kappa shape index (κ2) is 6.90. The molecule has 2 unspecified atom stereocenters. The van der Waals surface area contributed by atoms with Gasteiger partial charge in [-0.1, -0.05) is 13.8 Å². The Morgan fingerprint density at radius 3 is 3.11 bits per heavy atom. The van der Waals surface area contributed by atoms with E-state index in [2.05, 4.69) is 34.9 Å². The third-order valence-corrected chi connectivity index (χ3v) is 3.58. The lowest BCUT2D eigenvalue weighted by Crippen LogP contribution is -2.35. The van der Waals surface area contributed by atoms with Gasteiger partial charge in [0.2, 0.25) is 0 Å². The van der Waals surface area contributed by atoms with Gasteiger partial charge in [0.05, 0.1) is 12.6 Å². The van der Waals surface area contributed by atoms with Crippen LogP contribution in [0.4, 0.5) is 0 Å². The van der Waals surface area contributed by atoms with Crippen molar-refractivity contribution in [2.75, 3.05) is 19.8 Å². The molecule has 4 nitrogen and oxygen atoms in total. The number of hydrogen-bond donors (Lipinski definition) is 1. The fourth-order valence-electron chi connectivity index (χ4n) is 2.75. The Balaban J connectivity index is 2.14. The molecule has 2 heterocycles. The summed E-state index contributed by atoms with van der Waals surface area (Å²) in [6.45, 7) is 8.15. The molecule has 1 fully saturated rings. The number of aryl methyl sites for hydroxylation is 1. The fraction of sp³-hybridized carbons (Fsp3) is 0.786. The molecule has 4 heteroatoms. The van der Waals surface area contributed by atoms with Gasteiger partial charge in [0, 0.05) is 31.5 Å². The molecule has 0 radical (unpaired) electrons. The summed E-state index contributed by atoms with van der Waals surface area (Å²) in [7, 11) is 0. The lowest BCUT2D eigenvalue weighted by Gasteiger charge is -2.30. The molecule has 0 saturated carbocycles. The lowest BCUT2D eigenvalue weighted by molar-refractivity contribution is 0.0374. The molecule has 2 rings (SSSR count). The van der Waals surface area contributed by atoms with E-state index in [1.807, 2.05) is 6.20 Å². The fourth-order valence-corrected chi connectivity index (χ4v) is 2.75. The molecule has 0 aromatic carbocycles. The smallest absolute Gasteiger partial charge is 0.126 e. The highest BCUT2D eigenvalue weighted by Crippen LogP contribution is 2.28. The molecule has 1 saturated heterocycles. The Bertz CT molecular complexity index is 345. The van der Waals surface area contributed by atoms with E-state index in [0.717, 1.165) is 32.7 Å². The quantitative estimate of drug-likeness (QED) is 0.843. The van der Waals surface area contributed by atoms with E-state index >= 15 is 0 Å². The van der Waals surface area contributed by atoms with Crippen molar-refractivity contribution in [3.05, 3.63) is 18.2 Å². The second-order valence-electron chi connectivity index (χ2n) is 4.99. The topological polar surface area (TPSA) is 39.1 Å². The zero-order valence-corrected chi connectivity index (χ0v) is 11.6. The van der Waals surface area contributed by atoms with Crippen LogP contribution in [0.15, 0.2) is 12.4 Å². The summed E-state index contributed by atoms with van der Waals surface area (Å²) < 4.78 is 7.91. The van der Waals surface area contributed by atoms with E-state index in [0.29, 0.717) is 12.0 Å². The van der Waals surface area contributed by atoms with Crippen LogP contribution in [-0.2, 0) is 11.3 Å². The summed E-state index contributed by atoms with van der Waals surface area (Å²) in [5.41, 5.74) is 0. The van der Waals surface area contributed by atoms with Gasteiger partial charge in [-0.05, 0) is 25.8 Å².